The zero-order valence-corrected chi connectivity index (χ0v) is 10.8. The number of nitrogen functional groups attached to an aromatic ring is 1. The molecule has 98 valence electrons. The molecule has 1 heterocycles. The number of carbonyl (C=O) groups is 1. The summed E-state index contributed by atoms with van der Waals surface area (Å²) in [5.74, 6) is 5.45. The van der Waals surface area contributed by atoms with Gasteiger partial charge in [-0.2, -0.15) is 0 Å². The first-order chi connectivity index (χ1) is 8.61. The number of morpholine rings is 1. The average Bonchev–Trinajstić information content (AvgIpc) is 2.38. The van der Waals surface area contributed by atoms with E-state index in [0.717, 1.165) is 5.56 Å². The molecule has 1 amide bonds. The van der Waals surface area contributed by atoms with Crippen molar-refractivity contribution in [2.45, 2.75) is 20.0 Å². The molecule has 1 atom stereocenters. The van der Waals surface area contributed by atoms with Gasteiger partial charge in [-0.25, -0.2) is 0 Å². The van der Waals surface area contributed by atoms with E-state index in [1.54, 1.807) is 0 Å². The molecule has 0 aliphatic carbocycles. The number of aryl methyl sites for hydroxylation is 1. The summed E-state index contributed by atoms with van der Waals surface area (Å²) in [5, 5.41) is 0. The molecule has 0 spiro atoms. The van der Waals surface area contributed by atoms with E-state index in [1.807, 2.05) is 36.9 Å². The summed E-state index contributed by atoms with van der Waals surface area (Å²) < 4.78 is 5.44. The second kappa shape index (κ2) is 5.37. The number of anilines is 1. The Balaban J connectivity index is 2.24. The minimum atomic E-state index is 0.00167. The van der Waals surface area contributed by atoms with Crippen molar-refractivity contribution in [3.05, 3.63) is 29.3 Å². The van der Waals surface area contributed by atoms with Gasteiger partial charge in [0.05, 0.1) is 24.0 Å². The van der Waals surface area contributed by atoms with Gasteiger partial charge in [-0.3, -0.25) is 10.6 Å². The van der Waals surface area contributed by atoms with Crippen LogP contribution in [-0.2, 0) is 4.74 Å². The average molecular weight is 249 g/mol. The lowest BCUT2D eigenvalue weighted by molar-refractivity contribution is -0.0123. The molecule has 1 saturated heterocycles. The van der Waals surface area contributed by atoms with E-state index < -0.39 is 0 Å². The molecule has 1 aromatic carbocycles. The lowest BCUT2D eigenvalue weighted by atomic mass is 10.1. The van der Waals surface area contributed by atoms with E-state index in [1.165, 1.54) is 0 Å². The molecule has 1 fully saturated rings. The molecule has 1 aliphatic heterocycles. The SMILES string of the molecule is Cc1ccc(NN)c(C(=O)N2CCOC(C)C2)c1. The number of rotatable bonds is 2. The van der Waals surface area contributed by atoms with Crippen LogP contribution in [0.1, 0.15) is 22.8 Å². The second-order valence-corrected chi connectivity index (χ2v) is 4.63. The summed E-state index contributed by atoms with van der Waals surface area (Å²) in [6, 6.07) is 5.61. The van der Waals surface area contributed by atoms with Crippen LogP contribution < -0.4 is 11.3 Å². The number of nitrogens with two attached hydrogens (primary N) is 1. The Morgan fingerprint density at radius 2 is 2.33 bits per heavy atom. The van der Waals surface area contributed by atoms with Crippen molar-refractivity contribution in [3.8, 4) is 0 Å². The van der Waals surface area contributed by atoms with Crippen LogP contribution in [0.3, 0.4) is 0 Å². The number of nitrogens with zero attached hydrogens (tertiary/aromatic N) is 1. The number of nitrogens with one attached hydrogen (secondary N) is 1. The minimum absolute atomic E-state index is 0.00167. The van der Waals surface area contributed by atoms with Crippen LogP contribution in [0.25, 0.3) is 0 Å². The molecule has 0 radical (unpaired) electrons. The number of benzene rings is 1. The van der Waals surface area contributed by atoms with E-state index in [0.29, 0.717) is 30.9 Å². The third-order valence-electron chi connectivity index (χ3n) is 3.09. The fourth-order valence-electron chi connectivity index (χ4n) is 2.13. The predicted octanol–water partition coefficient (Wildman–Crippen LogP) is 1.14. The molecular formula is C13H19N3O2. The zero-order chi connectivity index (χ0) is 13.1. The highest BCUT2D eigenvalue weighted by Gasteiger charge is 2.24. The first kappa shape index (κ1) is 12.9. The van der Waals surface area contributed by atoms with Crippen molar-refractivity contribution in [2.24, 2.45) is 5.84 Å². The molecule has 5 nitrogen and oxygen atoms in total. The van der Waals surface area contributed by atoms with Crippen LogP contribution in [0.5, 0.6) is 0 Å². The van der Waals surface area contributed by atoms with Gasteiger partial charge < -0.3 is 15.1 Å². The molecule has 5 heteroatoms. The fraction of sp³-hybridized carbons (Fsp3) is 0.462. The van der Waals surface area contributed by atoms with Gasteiger partial charge in [0.2, 0.25) is 0 Å². The molecule has 1 unspecified atom stereocenters. The van der Waals surface area contributed by atoms with E-state index >= 15 is 0 Å². The van der Waals surface area contributed by atoms with E-state index in [4.69, 9.17) is 10.6 Å². The van der Waals surface area contributed by atoms with Gasteiger partial charge in [0.25, 0.3) is 5.91 Å². The van der Waals surface area contributed by atoms with Crippen molar-refractivity contribution in [3.63, 3.8) is 0 Å². The summed E-state index contributed by atoms with van der Waals surface area (Å²) in [4.78, 5) is 14.3. The maximum absolute atomic E-state index is 12.5. The highest BCUT2D eigenvalue weighted by atomic mass is 16.5. The van der Waals surface area contributed by atoms with Gasteiger partial charge in [-0.1, -0.05) is 11.6 Å². The topological polar surface area (TPSA) is 67.6 Å². The van der Waals surface area contributed by atoms with Crippen LogP contribution in [0, 0.1) is 6.92 Å². The number of amides is 1. The monoisotopic (exact) mass is 249 g/mol. The van der Waals surface area contributed by atoms with E-state index in [2.05, 4.69) is 5.43 Å². The van der Waals surface area contributed by atoms with Crippen molar-refractivity contribution in [1.29, 1.82) is 0 Å². The third kappa shape index (κ3) is 2.63. The molecule has 0 aromatic heterocycles. The van der Waals surface area contributed by atoms with Crippen molar-refractivity contribution < 1.29 is 9.53 Å². The number of carbonyl (C=O) groups excluding carboxylic acids is 1. The maximum atomic E-state index is 12.5. The molecule has 3 N–H and O–H groups in total. The van der Waals surface area contributed by atoms with Gasteiger partial charge in [0.1, 0.15) is 0 Å². The van der Waals surface area contributed by atoms with Crippen LogP contribution in [-0.4, -0.2) is 36.6 Å². The van der Waals surface area contributed by atoms with Crippen molar-refractivity contribution >= 4 is 11.6 Å². The van der Waals surface area contributed by atoms with E-state index in [9.17, 15) is 4.79 Å². The van der Waals surface area contributed by atoms with Crippen molar-refractivity contribution in [2.75, 3.05) is 25.1 Å². The molecule has 2 rings (SSSR count). The predicted molar refractivity (Wildman–Crippen MR) is 70.3 cm³/mol. The summed E-state index contributed by atoms with van der Waals surface area (Å²) in [6.45, 7) is 5.76. The Bertz CT molecular complexity index is 448. The molecule has 1 aromatic rings. The number of hydrazine groups is 1. The Hall–Kier alpha value is -1.59. The molecular weight excluding hydrogens is 230 g/mol. The number of hydrogen-bond donors (Lipinski definition) is 2. The summed E-state index contributed by atoms with van der Waals surface area (Å²) in [6.07, 6.45) is 0.0850. The summed E-state index contributed by atoms with van der Waals surface area (Å²) >= 11 is 0. The normalized spacial score (nSPS) is 19.7. The largest absolute Gasteiger partial charge is 0.375 e. The zero-order valence-electron chi connectivity index (χ0n) is 10.8. The first-order valence-corrected chi connectivity index (χ1v) is 6.10. The molecule has 18 heavy (non-hydrogen) atoms. The quantitative estimate of drug-likeness (QED) is 0.609. The van der Waals surface area contributed by atoms with Crippen LogP contribution in [0.4, 0.5) is 5.69 Å². The maximum Gasteiger partial charge on any atom is 0.256 e. The van der Waals surface area contributed by atoms with Crippen molar-refractivity contribution in [1.82, 2.24) is 4.90 Å². The minimum Gasteiger partial charge on any atom is -0.375 e. The Kier molecular flexibility index (Phi) is 3.84. The van der Waals surface area contributed by atoms with Gasteiger partial charge in [0, 0.05) is 13.1 Å². The molecule has 1 aliphatic rings. The van der Waals surface area contributed by atoms with Crippen LogP contribution in [0.15, 0.2) is 18.2 Å². The van der Waals surface area contributed by atoms with E-state index in [-0.39, 0.29) is 12.0 Å². The van der Waals surface area contributed by atoms with Gasteiger partial charge in [-0.15, -0.1) is 0 Å². The number of hydrogen-bond acceptors (Lipinski definition) is 4. The smallest absolute Gasteiger partial charge is 0.256 e. The Labute approximate surface area is 107 Å². The van der Waals surface area contributed by atoms with Gasteiger partial charge in [0.15, 0.2) is 0 Å². The summed E-state index contributed by atoms with van der Waals surface area (Å²) in [5.41, 5.74) is 4.89. The Morgan fingerprint density at radius 3 is 3.00 bits per heavy atom. The summed E-state index contributed by atoms with van der Waals surface area (Å²) in [7, 11) is 0. The highest BCUT2D eigenvalue weighted by molar-refractivity contribution is 5.99. The number of ether oxygens (including phenoxy) is 1. The second-order valence-electron chi connectivity index (χ2n) is 4.63. The van der Waals surface area contributed by atoms with Crippen LogP contribution in [0.2, 0.25) is 0 Å². The highest BCUT2D eigenvalue weighted by Crippen LogP contribution is 2.19. The van der Waals surface area contributed by atoms with Crippen LogP contribution >= 0.6 is 0 Å². The first-order valence-electron chi connectivity index (χ1n) is 6.10. The fourth-order valence-corrected chi connectivity index (χ4v) is 2.13. The third-order valence-corrected chi connectivity index (χ3v) is 3.09. The lowest BCUT2D eigenvalue weighted by Gasteiger charge is -2.31. The van der Waals surface area contributed by atoms with Gasteiger partial charge in [-0.05, 0) is 26.0 Å². The standard InChI is InChI=1S/C13H19N3O2/c1-9-3-4-12(15-14)11(7-9)13(17)16-5-6-18-10(2)8-16/h3-4,7,10,15H,5-6,8,14H2,1-2H3. The van der Waals surface area contributed by atoms with Gasteiger partial charge >= 0.3 is 0 Å². The molecule has 0 saturated carbocycles. The Morgan fingerprint density at radius 1 is 1.56 bits per heavy atom. The molecule has 0 bridgehead atoms. The lowest BCUT2D eigenvalue weighted by Crippen LogP contribution is -2.44.